The van der Waals surface area contributed by atoms with Gasteiger partial charge in [-0.15, -0.1) is 10.2 Å². The highest BCUT2D eigenvalue weighted by Gasteiger charge is 2.26. The van der Waals surface area contributed by atoms with Crippen LogP contribution in [0, 0.1) is 13.8 Å². The van der Waals surface area contributed by atoms with E-state index in [1.807, 2.05) is 24.9 Å². The lowest BCUT2D eigenvalue weighted by atomic mass is 9.90. The molecule has 3 heterocycles. The number of carbonyl (C=O) groups is 1. The molecule has 0 unspecified atom stereocenters. The number of aromatic nitrogens is 3. The highest BCUT2D eigenvalue weighted by atomic mass is 32.1. The minimum absolute atomic E-state index is 0.0149. The lowest BCUT2D eigenvalue weighted by Gasteiger charge is -2.31. The molecule has 2 aromatic rings. The number of piperidine rings is 1. The van der Waals surface area contributed by atoms with Crippen molar-refractivity contribution in [3.8, 4) is 0 Å². The van der Waals surface area contributed by atoms with Gasteiger partial charge in [0.25, 0.3) is 5.91 Å². The van der Waals surface area contributed by atoms with Crippen molar-refractivity contribution in [1.82, 2.24) is 20.1 Å². The van der Waals surface area contributed by atoms with Gasteiger partial charge in [-0.1, -0.05) is 17.4 Å². The second-order valence-electron chi connectivity index (χ2n) is 5.43. The van der Waals surface area contributed by atoms with Crippen molar-refractivity contribution in [2.45, 2.75) is 32.6 Å². The number of carbonyl (C=O) groups excluding carboxylic acids is 1. The van der Waals surface area contributed by atoms with Crippen LogP contribution in [0.1, 0.15) is 44.8 Å². The molecule has 21 heavy (non-hydrogen) atoms. The molecule has 3 rings (SSSR count). The number of rotatable bonds is 2. The molecule has 1 aliphatic rings. The summed E-state index contributed by atoms with van der Waals surface area (Å²) in [6.45, 7) is 5.41. The quantitative estimate of drug-likeness (QED) is 0.855. The van der Waals surface area contributed by atoms with E-state index in [-0.39, 0.29) is 5.91 Å². The Morgan fingerprint density at radius 2 is 2.00 bits per heavy atom. The number of hydrogen-bond donors (Lipinski definition) is 0. The monoisotopic (exact) mass is 302 g/mol. The minimum atomic E-state index is 0.0149. The highest BCUT2D eigenvalue weighted by Crippen LogP contribution is 2.28. The minimum Gasteiger partial charge on any atom is -0.336 e. The van der Waals surface area contributed by atoms with Gasteiger partial charge in [0.2, 0.25) is 5.01 Å². The molecule has 0 N–H and O–H groups in total. The van der Waals surface area contributed by atoms with Gasteiger partial charge in [0, 0.05) is 25.0 Å². The first kappa shape index (κ1) is 14.1. The molecule has 6 heteroatoms. The molecular formula is C15H18N4OS. The molecule has 0 saturated carbocycles. The summed E-state index contributed by atoms with van der Waals surface area (Å²) in [5.74, 6) is 0.513. The van der Waals surface area contributed by atoms with E-state index in [1.165, 1.54) is 16.9 Å². The summed E-state index contributed by atoms with van der Waals surface area (Å²) < 4.78 is 0. The summed E-state index contributed by atoms with van der Waals surface area (Å²) in [6.07, 6.45) is 3.92. The standard InChI is InChI=1S/C15H18N4OS/c1-10-3-4-13(9-16-10)12-5-7-19(8-6-12)15(20)14-18-17-11(2)21-14/h3-4,9,12H,5-8H2,1-2H3. The van der Waals surface area contributed by atoms with Gasteiger partial charge in [0.15, 0.2) is 0 Å². The van der Waals surface area contributed by atoms with Crippen molar-refractivity contribution < 1.29 is 4.79 Å². The third-order valence-corrected chi connectivity index (χ3v) is 4.72. The Hall–Kier alpha value is -1.82. The second-order valence-corrected chi connectivity index (χ2v) is 6.61. The van der Waals surface area contributed by atoms with Crippen LogP contribution >= 0.6 is 11.3 Å². The van der Waals surface area contributed by atoms with Crippen molar-refractivity contribution in [3.05, 3.63) is 39.6 Å². The van der Waals surface area contributed by atoms with Crippen LogP contribution in [0.25, 0.3) is 0 Å². The maximum Gasteiger partial charge on any atom is 0.284 e. The van der Waals surface area contributed by atoms with Gasteiger partial charge in [0.05, 0.1) is 0 Å². The number of amides is 1. The van der Waals surface area contributed by atoms with Crippen LogP contribution in [0.15, 0.2) is 18.3 Å². The molecule has 110 valence electrons. The van der Waals surface area contributed by atoms with E-state index in [9.17, 15) is 4.79 Å². The first-order chi connectivity index (χ1) is 10.1. The number of nitrogens with zero attached hydrogens (tertiary/aromatic N) is 4. The maximum absolute atomic E-state index is 12.3. The molecule has 1 amide bonds. The Morgan fingerprint density at radius 3 is 2.57 bits per heavy atom. The third kappa shape index (κ3) is 3.10. The fourth-order valence-electron chi connectivity index (χ4n) is 2.65. The zero-order valence-corrected chi connectivity index (χ0v) is 13.1. The van der Waals surface area contributed by atoms with E-state index < -0.39 is 0 Å². The molecule has 0 aromatic carbocycles. The Labute approximate surface area is 128 Å². The lowest BCUT2D eigenvalue weighted by molar-refractivity contribution is 0.0711. The van der Waals surface area contributed by atoms with Crippen LogP contribution in [-0.2, 0) is 0 Å². The molecule has 5 nitrogen and oxygen atoms in total. The summed E-state index contributed by atoms with van der Waals surface area (Å²) in [7, 11) is 0. The molecular weight excluding hydrogens is 284 g/mol. The average molecular weight is 302 g/mol. The van der Waals surface area contributed by atoms with Crippen LogP contribution in [0.2, 0.25) is 0 Å². The Bertz CT molecular complexity index is 629. The summed E-state index contributed by atoms with van der Waals surface area (Å²) in [4.78, 5) is 18.6. The highest BCUT2D eigenvalue weighted by molar-refractivity contribution is 7.13. The topological polar surface area (TPSA) is 59.0 Å². The molecule has 0 aliphatic carbocycles. The number of pyridine rings is 1. The zero-order chi connectivity index (χ0) is 14.8. The largest absolute Gasteiger partial charge is 0.336 e. The molecule has 0 spiro atoms. The zero-order valence-electron chi connectivity index (χ0n) is 12.2. The first-order valence-corrected chi connectivity index (χ1v) is 7.97. The van der Waals surface area contributed by atoms with Crippen molar-refractivity contribution in [2.24, 2.45) is 0 Å². The van der Waals surface area contributed by atoms with Crippen molar-refractivity contribution in [3.63, 3.8) is 0 Å². The first-order valence-electron chi connectivity index (χ1n) is 7.15. The summed E-state index contributed by atoms with van der Waals surface area (Å²) in [5.41, 5.74) is 2.32. The predicted molar refractivity (Wildman–Crippen MR) is 81.5 cm³/mol. The summed E-state index contributed by atoms with van der Waals surface area (Å²) >= 11 is 1.36. The van der Waals surface area contributed by atoms with Crippen molar-refractivity contribution >= 4 is 17.2 Å². The van der Waals surface area contributed by atoms with Crippen LogP contribution in [0.3, 0.4) is 0 Å². The smallest absolute Gasteiger partial charge is 0.284 e. The summed E-state index contributed by atoms with van der Waals surface area (Å²) in [5, 5.41) is 9.20. The van der Waals surface area contributed by atoms with Crippen LogP contribution in [0.4, 0.5) is 0 Å². The number of hydrogen-bond acceptors (Lipinski definition) is 5. The van der Waals surface area contributed by atoms with E-state index >= 15 is 0 Å². The molecule has 0 bridgehead atoms. The van der Waals surface area contributed by atoms with E-state index in [0.717, 1.165) is 36.6 Å². The van der Waals surface area contributed by atoms with Gasteiger partial charge >= 0.3 is 0 Å². The Kier molecular flexibility index (Phi) is 3.96. The van der Waals surface area contributed by atoms with Crippen molar-refractivity contribution in [2.75, 3.05) is 13.1 Å². The fraction of sp³-hybridized carbons (Fsp3) is 0.467. The second kappa shape index (κ2) is 5.89. The molecule has 1 aliphatic heterocycles. The Balaban J connectivity index is 1.62. The average Bonchev–Trinajstić information content (AvgIpc) is 2.94. The molecule has 1 saturated heterocycles. The van der Waals surface area contributed by atoms with Crippen molar-refractivity contribution in [1.29, 1.82) is 0 Å². The van der Waals surface area contributed by atoms with Gasteiger partial charge in [-0.3, -0.25) is 9.78 Å². The third-order valence-electron chi connectivity index (χ3n) is 3.90. The Morgan fingerprint density at radius 1 is 1.24 bits per heavy atom. The lowest BCUT2D eigenvalue weighted by Crippen LogP contribution is -2.37. The van der Waals surface area contributed by atoms with Gasteiger partial charge in [-0.2, -0.15) is 0 Å². The number of likely N-dealkylation sites (tertiary alicyclic amines) is 1. The maximum atomic E-state index is 12.3. The van der Waals surface area contributed by atoms with Gasteiger partial charge in [0.1, 0.15) is 5.01 Å². The predicted octanol–water partition coefficient (Wildman–Crippen LogP) is 2.57. The van der Waals surface area contributed by atoms with Crippen LogP contribution < -0.4 is 0 Å². The van der Waals surface area contributed by atoms with Gasteiger partial charge in [-0.25, -0.2) is 0 Å². The van der Waals surface area contributed by atoms with Gasteiger partial charge < -0.3 is 4.90 Å². The SMILES string of the molecule is Cc1ccc(C2CCN(C(=O)c3nnc(C)s3)CC2)cn1. The van der Waals surface area contributed by atoms with Crippen LogP contribution in [0.5, 0.6) is 0 Å². The molecule has 0 atom stereocenters. The van der Waals surface area contributed by atoms with E-state index in [0.29, 0.717) is 10.9 Å². The molecule has 2 aromatic heterocycles. The fourth-order valence-corrected chi connectivity index (χ4v) is 3.31. The molecule has 0 radical (unpaired) electrons. The normalized spacial score (nSPS) is 16.2. The van der Waals surface area contributed by atoms with E-state index in [2.05, 4.69) is 27.3 Å². The van der Waals surface area contributed by atoms with E-state index in [4.69, 9.17) is 0 Å². The summed E-state index contributed by atoms with van der Waals surface area (Å²) in [6, 6.07) is 4.20. The molecule has 1 fully saturated rings. The van der Waals surface area contributed by atoms with Gasteiger partial charge in [-0.05, 0) is 44.2 Å². The van der Waals surface area contributed by atoms with Crippen LogP contribution in [-0.4, -0.2) is 39.1 Å². The van der Waals surface area contributed by atoms with E-state index in [1.54, 1.807) is 0 Å². The number of aryl methyl sites for hydroxylation is 2.